The number of nitrogens with one attached hydrogen (secondary N) is 1. The van der Waals surface area contributed by atoms with E-state index in [2.05, 4.69) is 5.32 Å². The van der Waals surface area contributed by atoms with E-state index < -0.39 is 0 Å². The van der Waals surface area contributed by atoms with E-state index in [9.17, 15) is 9.18 Å². The highest BCUT2D eigenvalue weighted by Gasteiger charge is 2.19. The Bertz CT molecular complexity index is 831. The van der Waals surface area contributed by atoms with Gasteiger partial charge in [-0.1, -0.05) is 41.9 Å². The lowest BCUT2D eigenvalue weighted by Crippen LogP contribution is -2.26. The van der Waals surface area contributed by atoms with Crippen LogP contribution in [-0.4, -0.2) is 5.91 Å². The maximum absolute atomic E-state index is 13.3. The number of rotatable bonds is 3. The molecule has 2 aromatic carbocycles. The molecule has 1 amide bonds. The van der Waals surface area contributed by atoms with Crippen molar-refractivity contribution in [2.24, 2.45) is 0 Å². The molecule has 112 valence electrons. The topological polar surface area (TPSA) is 29.1 Å². The molecular weight excluding hydrogens is 321 g/mol. The Morgan fingerprint density at radius 1 is 1.23 bits per heavy atom. The largest absolute Gasteiger partial charge is 0.345 e. The minimum atomic E-state index is -0.338. The van der Waals surface area contributed by atoms with E-state index in [1.165, 1.54) is 23.5 Å². The molecule has 3 rings (SSSR count). The standard InChI is InChI=1S/C17H13ClFNOS/c1-10(11-5-3-2-4-6-11)20-17(21)16-15(18)13-8-7-12(19)9-14(13)22-16/h2-10H,1H3,(H,20,21)/t10-/m0/s1. The summed E-state index contributed by atoms with van der Waals surface area (Å²) in [4.78, 5) is 12.8. The minimum absolute atomic E-state index is 0.133. The molecule has 1 atom stereocenters. The first-order valence-electron chi connectivity index (χ1n) is 6.79. The third-order valence-corrected chi connectivity index (χ3v) is 5.10. The molecule has 1 heterocycles. The zero-order chi connectivity index (χ0) is 15.7. The zero-order valence-electron chi connectivity index (χ0n) is 11.8. The number of hydrogen-bond acceptors (Lipinski definition) is 2. The van der Waals surface area contributed by atoms with E-state index in [0.717, 1.165) is 5.56 Å². The van der Waals surface area contributed by atoms with Crippen molar-refractivity contribution in [1.29, 1.82) is 0 Å². The van der Waals surface area contributed by atoms with Crippen LogP contribution in [-0.2, 0) is 0 Å². The van der Waals surface area contributed by atoms with Gasteiger partial charge >= 0.3 is 0 Å². The lowest BCUT2D eigenvalue weighted by atomic mass is 10.1. The molecule has 0 aliphatic carbocycles. The lowest BCUT2D eigenvalue weighted by molar-refractivity contribution is 0.0944. The predicted octanol–water partition coefficient (Wildman–Crippen LogP) is 5.18. The second kappa shape index (κ2) is 6.07. The predicted molar refractivity (Wildman–Crippen MR) is 89.1 cm³/mol. The average molecular weight is 334 g/mol. The van der Waals surface area contributed by atoms with E-state index in [0.29, 0.717) is 20.0 Å². The Morgan fingerprint density at radius 2 is 1.95 bits per heavy atom. The van der Waals surface area contributed by atoms with Crippen molar-refractivity contribution in [1.82, 2.24) is 5.32 Å². The summed E-state index contributed by atoms with van der Waals surface area (Å²) in [6.07, 6.45) is 0. The highest BCUT2D eigenvalue weighted by Crippen LogP contribution is 2.35. The second-order valence-electron chi connectivity index (χ2n) is 4.99. The zero-order valence-corrected chi connectivity index (χ0v) is 13.3. The molecular formula is C17H13ClFNOS. The Morgan fingerprint density at radius 3 is 2.68 bits per heavy atom. The van der Waals surface area contributed by atoms with Crippen molar-refractivity contribution in [2.45, 2.75) is 13.0 Å². The summed E-state index contributed by atoms with van der Waals surface area (Å²) >= 11 is 7.46. The number of hydrogen-bond donors (Lipinski definition) is 1. The van der Waals surface area contributed by atoms with E-state index in [1.807, 2.05) is 37.3 Å². The van der Waals surface area contributed by atoms with Gasteiger partial charge in [0.15, 0.2) is 0 Å². The van der Waals surface area contributed by atoms with E-state index in [4.69, 9.17) is 11.6 Å². The fourth-order valence-corrected chi connectivity index (χ4v) is 3.72. The molecule has 0 aliphatic rings. The highest BCUT2D eigenvalue weighted by atomic mass is 35.5. The number of halogens is 2. The molecule has 1 N–H and O–H groups in total. The van der Waals surface area contributed by atoms with E-state index in [1.54, 1.807) is 6.07 Å². The van der Waals surface area contributed by atoms with Gasteiger partial charge in [0.2, 0.25) is 0 Å². The van der Waals surface area contributed by atoms with Gasteiger partial charge in [0.1, 0.15) is 10.7 Å². The van der Waals surface area contributed by atoms with Crippen molar-refractivity contribution in [3.05, 3.63) is 69.8 Å². The molecule has 5 heteroatoms. The summed E-state index contributed by atoms with van der Waals surface area (Å²) < 4.78 is 13.9. The summed E-state index contributed by atoms with van der Waals surface area (Å²) in [5.74, 6) is -0.585. The summed E-state index contributed by atoms with van der Waals surface area (Å²) in [6.45, 7) is 1.91. The van der Waals surface area contributed by atoms with Crippen LogP contribution in [0.5, 0.6) is 0 Å². The van der Waals surface area contributed by atoms with Crippen LogP contribution < -0.4 is 5.32 Å². The van der Waals surface area contributed by atoms with Crippen LogP contribution in [0.3, 0.4) is 0 Å². The van der Waals surface area contributed by atoms with Gasteiger partial charge in [-0.2, -0.15) is 0 Å². The number of carbonyl (C=O) groups excluding carboxylic acids is 1. The van der Waals surface area contributed by atoms with E-state index >= 15 is 0 Å². The van der Waals surface area contributed by atoms with Crippen molar-refractivity contribution >= 4 is 38.9 Å². The molecule has 0 unspecified atom stereocenters. The van der Waals surface area contributed by atoms with Crippen LogP contribution in [0.1, 0.15) is 28.2 Å². The number of benzene rings is 2. The molecule has 1 aromatic heterocycles. The first kappa shape index (κ1) is 15.0. The quantitative estimate of drug-likeness (QED) is 0.702. The second-order valence-corrected chi connectivity index (χ2v) is 6.42. The molecule has 2 nitrogen and oxygen atoms in total. The van der Waals surface area contributed by atoms with Gasteiger partial charge in [-0.25, -0.2) is 4.39 Å². The highest BCUT2D eigenvalue weighted by molar-refractivity contribution is 7.21. The van der Waals surface area contributed by atoms with Gasteiger partial charge in [0.25, 0.3) is 5.91 Å². The third-order valence-electron chi connectivity index (χ3n) is 3.44. The van der Waals surface area contributed by atoms with Crippen molar-refractivity contribution in [3.8, 4) is 0 Å². The first-order chi connectivity index (χ1) is 10.6. The Kier molecular flexibility index (Phi) is 4.14. The number of thiophene rings is 1. The van der Waals surface area contributed by atoms with Crippen molar-refractivity contribution < 1.29 is 9.18 Å². The van der Waals surface area contributed by atoms with Gasteiger partial charge in [0.05, 0.1) is 11.1 Å². The fraction of sp³-hybridized carbons (Fsp3) is 0.118. The average Bonchev–Trinajstić information content (AvgIpc) is 2.84. The Labute approximate surface area is 136 Å². The van der Waals surface area contributed by atoms with Crippen LogP contribution in [0.15, 0.2) is 48.5 Å². The summed E-state index contributed by atoms with van der Waals surface area (Å²) in [5, 5.41) is 3.99. The van der Waals surface area contributed by atoms with Crippen LogP contribution in [0.25, 0.3) is 10.1 Å². The van der Waals surface area contributed by atoms with Gasteiger partial charge in [0, 0.05) is 10.1 Å². The van der Waals surface area contributed by atoms with Crippen molar-refractivity contribution in [3.63, 3.8) is 0 Å². The lowest BCUT2D eigenvalue weighted by Gasteiger charge is -2.13. The molecule has 0 bridgehead atoms. The normalized spacial score (nSPS) is 12.3. The third kappa shape index (κ3) is 2.85. The summed E-state index contributed by atoms with van der Waals surface area (Å²) in [7, 11) is 0. The molecule has 0 fully saturated rings. The van der Waals surface area contributed by atoms with Gasteiger partial charge in [-0.15, -0.1) is 11.3 Å². The number of amides is 1. The summed E-state index contributed by atoms with van der Waals surface area (Å²) in [5.41, 5.74) is 1.01. The van der Waals surface area contributed by atoms with Gasteiger partial charge < -0.3 is 5.32 Å². The molecule has 0 spiro atoms. The molecule has 0 saturated heterocycles. The molecule has 0 radical (unpaired) electrons. The number of fused-ring (bicyclic) bond motifs is 1. The van der Waals surface area contributed by atoms with Crippen LogP contribution in [0, 0.1) is 5.82 Å². The maximum atomic E-state index is 13.3. The molecule has 0 saturated carbocycles. The van der Waals surface area contributed by atoms with Gasteiger partial charge in [-0.3, -0.25) is 4.79 Å². The minimum Gasteiger partial charge on any atom is -0.345 e. The molecule has 3 aromatic rings. The van der Waals surface area contributed by atoms with Gasteiger partial charge in [-0.05, 0) is 30.7 Å². The van der Waals surface area contributed by atoms with Crippen LogP contribution >= 0.6 is 22.9 Å². The van der Waals surface area contributed by atoms with Crippen LogP contribution in [0.2, 0.25) is 5.02 Å². The maximum Gasteiger partial charge on any atom is 0.263 e. The molecule has 0 aliphatic heterocycles. The van der Waals surface area contributed by atoms with E-state index in [-0.39, 0.29) is 17.8 Å². The SMILES string of the molecule is C[C@H](NC(=O)c1sc2cc(F)ccc2c1Cl)c1ccccc1. The number of carbonyl (C=O) groups is 1. The van der Waals surface area contributed by atoms with Crippen molar-refractivity contribution in [2.75, 3.05) is 0 Å². The first-order valence-corrected chi connectivity index (χ1v) is 7.99. The monoisotopic (exact) mass is 333 g/mol. The summed E-state index contributed by atoms with van der Waals surface area (Å²) in [6, 6.07) is 13.9. The molecule has 22 heavy (non-hydrogen) atoms. The fourth-order valence-electron chi connectivity index (χ4n) is 2.27. The van der Waals surface area contributed by atoms with Crippen LogP contribution in [0.4, 0.5) is 4.39 Å². The smallest absolute Gasteiger partial charge is 0.263 e. The Balaban J connectivity index is 1.88. The Hall–Kier alpha value is -1.91.